The SMILES string of the molecule is CCNC(=O)Nc1ccc(-c2nc3c(c(N4CCOCC4)n2)C(C(C)(C)C)NC3)cc1. The Kier molecular flexibility index (Phi) is 6.11. The summed E-state index contributed by atoms with van der Waals surface area (Å²) in [4.78, 5) is 24.1. The molecule has 1 aromatic carbocycles. The average molecular weight is 425 g/mol. The maximum Gasteiger partial charge on any atom is 0.319 e. The van der Waals surface area contributed by atoms with Crippen molar-refractivity contribution in [2.75, 3.05) is 43.1 Å². The molecule has 0 radical (unpaired) electrons. The van der Waals surface area contributed by atoms with Crippen LogP contribution >= 0.6 is 0 Å². The van der Waals surface area contributed by atoms with E-state index in [1.54, 1.807) is 0 Å². The van der Waals surface area contributed by atoms with Crippen molar-refractivity contribution < 1.29 is 9.53 Å². The smallest absolute Gasteiger partial charge is 0.319 e. The highest BCUT2D eigenvalue weighted by atomic mass is 16.5. The van der Waals surface area contributed by atoms with Crippen molar-refractivity contribution in [2.24, 2.45) is 5.41 Å². The summed E-state index contributed by atoms with van der Waals surface area (Å²) < 4.78 is 5.57. The first-order chi connectivity index (χ1) is 14.9. The van der Waals surface area contributed by atoms with E-state index in [4.69, 9.17) is 14.7 Å². The molecule has 8 heteroatoms. The molecule has 0 bridgehead atoms. The number of anilines is 2. The number of benzene rings is 1. The molecule has 2 amide bonds. The Hall–Kier alpha value is -2.71. The van der Waals surface area contributed by atoms with Gasteiger partial charge < -0.3 is 25.6 Å². The fourth-order valence-electron chi connectivity index (χ4n) is 4.16. The van der Waals surface area contributed by atoms with E-state index in [9.17, 15) is 4.79 Å². The zero-order valence-electron chi connectivity index (χ0n) is 18.8. The predicted octanol–water partition coefficient (Wildman–Crippen LogP) is 3.31. The van der Waals surface area contributed by atoms with Crippen molar-refractivity contribution in [3.05, 3.63) is 35.5 Å². The van der Waals surface area contributed by atoms with Crippen molar-refractivity contribution in [2.45, 2.75) is 40.3 Å². The second-order valence-corrected chi connectivity index (χ2v) is 9.07. The lowest BCUT2D eigenvalue weighted by Gasteiger charge is -2.34. The van der Waals surface area contributed by atoms with Gasteiger partial charge >= 0.3 is 6.03 Å². The number of urea groups is 1. The summed E-state index contributed by atoms with van der Waals surface area (Å²) in [6, 6.07) is 7.67. The Morgan fingerprint density at radius 2 is 1.90 bits per heavy atom. The fraction of sp³-hybridized carbons (Fsp3) is 0.522. The molecular weight excluding hydrogens is 392 g/mol. The lowest BCUT2D eigenvalue weighted by molar-refractivity contribution is 0.122. The molecule has 1 atom stereocenters. The zero-order valence-corrected chi connectivity index (χ0v) is 18.8. The maximum absolute atomic E-state index is 11.8. The molecule has 0 saturated carbocycles. The third kappa shape index (κ3) is 4.65. The highest BCUT2D eigenvalue weighted by Gasteiger charge is 2.37. The third-order valence-corrected chi connectivity index (χ3v) is 5.68. The Morgan fingerprint density at radius 1 is 1.19 bits per heavy atom. The molecule has 1 unspecified atom stereocenters. The third-order valence-electron chi connectivity index (χ3n) is 5.68. The van der Waals surface area contributed by atoms with Gasteiger partial charge in [-0.05, 0) is 36.6 Å². The first kappa shape index (κ1) is 21.5. The standard InChI is InChI=1S/C23H32N6O2/c1-5-24-22(30)26-16-8-6-15(7-9-16)20-27-17-14-25-19(23(2,3)4)18(17)21(28-20)29-10-12-31-13-11-29/h6-9,19,25H,5,10-14H2,1-4H3,(H2,24,26,30). The lowest BCUT2D eigenvalue weighted by atomic mass is 9.83. The molecule has 2 aromatic rings. The molecule has 1 aromatic heterocycles. The van der Waals surface area contributed by atoms with Crippen LogP contribution in [0.25, 0.3) is 11.4 Å². The summed E-state index contributed by atoms with van der Waals surface area (Å²) in [7, 11) is 0. The van der Waals surface area contributed by atoms with Gasteiger partial charge in [0.05, 0.1) is 18.9 Å². The normalized spacial score (nSPS) is 18.6. The quantitative estimate of drug-likeness (QED) is 0.698. The first-order valence-electron chi connectivity index (χ1n) is 11.0. The highest BCUT2D eigenvalue weighted by molar-refractivity contribution is 5.89. The number of ether oxygens (including phenoxy) is 1. The molecule has 0 aliphatic carbocycles. The summed E-state index contributed by atoms with van der Waals surface area (Å²) in [5, 5.41) is 9.20. The number of morpholine rings is 1. The van der Waals surface area contributed by atoms with Crippen LogP contribution in [-0.4, -0.2) is 48.8 Å². The molecule has 8 nitrogen and oxygen atoms in total. The summed E-state index contributed by atoms with van der Waals surface area (Å²) in [6.07, 6.45) is 0. The second-order valence-electron chi connectivity index (χ2n) is 9.07. The van der Waals surface area contributed by atoms with E-state index in [0.29, 0.717) is 25.6 Å². The number of nitrogens with one attached hydrogen (secondary N) is 3. The van der Waals surface area contributed by atoms with Crippen molar-refractivity contribution in [3.63, 3.8) is 0 Å². The van der Waals surface area contributed by atoms with E-state index in [2.05, 4.69) is 41.6 Å². The molecule has 166 valence electrons. The fourth-order valence-corrected chi connectivity index (χ4v) is 4.16. The van der Waals surface area contributed by atoms with Crippen LogP contribution < -0.4 is 20.9 Å². The van der Waals surface area contributed by atoms with Crippen LogP contribution in [-0.2, 0) is 11.3 Å². The van der Waals surface area contributed by atoms with Gasteiger partial charge in [-0.3, -0.25) is 0 Å². The monoisotopic (exact) mass is 424 g/mol. The molecule has 1 fully saturated rings. The van der Waals surface area contributed by atoms with Crippen LogP contribution in [0.1, 0.15) is 45.0 Å². The highest BCUT2D eigenvalue weighted by Crippen LogP contribution is 2.43. The van der Waals surface area contributed by atoms with Gasteiger partial charge in [0.25, 0.3) is 0 Å². The molecule has 3 heterocycles. The minimum Gasteiger partial charge on any atom is -0.378 e. The second kappa shape index (κ2) is 8.80. The van der Waals surface area contributed by atoms with Crippen LogP contribution in [0.4, 0.5) is 16.3 Å². The molecule has 3 N–H and O–H groups in total. The molecule has 0 spiro atoms. The molecular formula is C23H32N6O2. The summed E-state index contributed by atoms with van der Waals surface area (Å²) in [6.45, 7) is 13.0. The molecule has 4 rings (SSSR count). The van der Waals surface area contributed by atoms with Crippen LogP contribution in [0.3, 0.4) is 0 Å². The van der Waals surface area contributed by atoms with Crippen molar-refractivity contribution in [1.29, 1.82) is 0 Å². The van der Waals surface area contributed by atoms with Gasteiger partial charge in [-0.15, -0.1) is 0 Å². The van der Waals surface area contributed by atoms with E-state index in [1.807, 2.05) is 31.2 Å². The van der Waals surface area contributed by atoms with Gasteiger partial charge in [0, 0.05) is 49.0 Å². The van der Waals surface area contributed by atoms with E-state index < -0.39 is 0 Å². The Morgan fingerprint density at radius 3 is 2.55 bits per heavy atom. The van der Waals surface area contributed by atoms with Crippen molar-refractivity contribution in [3.8, 4) is 11.4 Å². The van der Waals surface area contributed by atoms with Gasteiger partial charge in [0.2, 0.25) is 0 Å². The van der Waals surface area contributed by atoms with Gasteiger partial charge in [0.15, 0.2) is 5.82 Å². The summed E-state index contributed by atoms with van der Waals surface area (Å²) in [5.74, 6) is 1.72. The van der Waals surface area contributed by atoms with Crippen molar-refractivity contribution >= 4 is 17.5 Å². The number of rotatable bonds is 4. The summed E-state index contributed by atoms with van der Waals surface area (Å²) >= 11 is 0. The number of fused-ring (bicyclic) bond motifs is 1. The van der Waals surface area contributed by atoms with Crippen molar-refractivity contribution in [1.82, 2.24) is 20.6 Å². The Balaban J connectivity index is 1.69. The van der Waals surface area contributed by atoms with E-state index in [0.717, 1.165) is 42.4 Å². The Bertz CT molecular complexity index is 932. The minimum absolute atomic E-state index is 0.0591. The Labute approximate surface area is 183 Å². The van der Waals surface area contributed by atoms with E-state index >= 15 is 0 Å². The van der Waals surface area contributed by atoms with Crippen LogP contribution in [0.5, 0.6) is 0 Å². The average Bonchev–Trinajstić information content (AvgIpc) is 3.19. The van der Waals surface area contributed by atoms with Crippen LogP contribution in [0.2, 0.25) is 0 Å². The summed E-state index contributed by atoms with van der Waals surface area (Å²) in [5.41, 5.74) is 4.00. The number of carbonyl (C=O) groups excluding carboxylic acids is 1. The number of aromatic nitrogens is 2. The lowest BCUT2D eigenvalue weighted by Crippen LogP contribution is -2.38. The number of hydrogen-bond donors (Lipinski definition) is 3. The molecule has 1 saturated heterocycles. The molecule has 2 aliphatic rings. The number of nitrogens with zero attached hydrogens (tertiary/aromatic N) is 3. The number of carbonyl (C=O) groups is 1. The predicted molar refractivity (Wildman–Crippen MR) is 122 cm³/mol. The molecule has 31 heavy (non-hydrogen) atoms. The van der Waals surface area contributed by atoms with Crippen LogP contribution in [0.15, 0.2) is 24.3 Å². The number of hydrogen-bond acceptors (Lipinski definition) is 6. The van der Waals surface area contributed by atoms with Crippen LogP contribution in [0, 0.1) is 5.41 Å². The van der Waals surface area contributed by atoms with Gasteiger partial charge in [-0.25, -0.2) is 14.8 Å². The maximum atomic E-state index is 11.8. The van der Waals surface area contributed by atoms with E-state index in [1.165, 1.54) is 5.56 Å². The zero-order chi connectivity index (χ0) is 22.0. The van der Waals surface area contributed by atoms with Gasteiger partial charge in [0.1, 0.15) is 5.82 Å². The topological polar surface area (TPSA) is 91.4 Å². The van der Waals surface area contributed by atoms with Gasteiger partial charge in [-0.2, -0.15) is 0 Å². The van der Waals surface area contributed by atoms with E-state index in [-0.39, 0.29) is 17.5 Å². The first-order valence-corrected chi connectivity index (χ1v) is 11.0. The minimum atomic E-state index is -0.210. The largest absolute Gasteiger partial charge is 0.378 e. The van der Waals surface area contributed by atoms with Gasteiger partial charge in [-0.1, -0.05) is 20.8 Å². The molecule has 2 aliphatic heterocycles. The number of amides is 2.